The van der Waals surface area contributed by atoms with E-state index in [9.17, 15) is 13.2 Å². The van der Waals surface area contributed by atoms with E-state index in [1.165, 1.54) is 6.08 Å². The van der Waals surface area contributed by atoms with Crippen molar-refractivity contribution in [2.75, 3.05) is 19.6 Å². The van der Waals surface area contributed by atoms with Gasteiger partial charge in [0.25, 0.3) is 0 Å². The number of furan rings is 1. The molecule has 0 unspecified atom stereocenters. The average Bonchev–Trinajstić information content (AvgIpc) is 3.26. The van der Waals surface area contributed by atoms with Gasteiger partial charge in [0.1, 0.15) is 10.7 Å². The monoisotopic (exact) mass is 406 g/mol. The van der Waals surface area contributed by atoms with Crippen molar-refractivity contribution in [1.29, 1.82) is 0 Å². The van der Waals surface area contributed by atoms with Crippen LogP contribution >= 0.6 is 0 Å². The Hall–Kier alpha value is -2.39. The molecule has 3 rings (SSSR count). The summed E-state index contributed by atoms with van der Waals surface area (Å²) in [5.74, 6) is 0.779. The van der Waals surface area contributed by atoms with Gasteiger partial charge in [-0.15, -0.1) is 0 Å². The molecule has 28 heavy (non-hydrogen) atoms. The van der Waals surface area contributed by atoms with Crippen LogP contribution in [0, 0.1) is 19.8 Å². The molecule has 0 spiro atoms. The smallest absolute Gasteiger partial charge is 0.246 e. The second-order valence-corrected chi connectivity index (χ2v) is 8.80. The Morgan fingerprint density at radius 2 is 2.07 bits per heavy atom. The van der Waals surface area contributed by atoms with Crippen LogP contribution in [0.1, 0.15) is 30.0 Å². The third-order valence-corrected chi connectivity index (χ3v) is 6.81. The first-order valence-electron chi connectivity index (χ1n) is 9.28. The van der Waals surface area contributed by atoms with Crippen molar-refractivity contribution in [3.05, 3.63) is 41.6 Å². The van der Waals surface area contributed by atoms with Crippen molar-refractivity contribution in [2.45, 2.75) is 31.6 Å². The molecule has 0 saturated carbocycles. The summed E-state index contributed by atoms with van der Waals surface area (Å²) in [6.07, 6.45) is 6.24. The van der Waals surface area contributed by atoms with Gasteiger partial charge in [-0.3, -0.25) is 9.48 Å². The Morgan fingerprint density at radius 1 is 1.36 bits per heavy atom. The highest BCUT2D eigenvalue weighted by atomic mass is 32.2. The molecule has 0 radical (unpaired) electrons. The van der Waals surface area contributed by atoms with Gasteiger partial charge in [0.2, 0.25) is 15.9 Å². The standard InChI is InChI=1S/C19H26N4O4S/c1-14-19(15(2)22(3)21-14)28(25,26)20-13-16-8-10-23(11-9-16)18(24)7-6-17-5-4-12-27-17/h4-7,12,16,20H,8-11,13H2,1-3H3. The molecule has 1 N–H and O–H groups in total. The van der Waals surface area contributed by atoms with E-state index in [2.05, 4.69) is 9.82 Å². The quantitative estimate of drug-likeness (QED) is 0.739. The Morgan fingerprint density at radius 3 is 2.64 bits per heavy atom. The number of carbonyl (C=O) groups excluding carboxylic acids is 1. The number of hydrogen-bond donors (Lipinski definition) is 1. The zero-order valence-corrected chi connectivity index (χ0v) is 17.2. The van der Waals surface area contributed by atoms with Crippen LogP contribution in [0.2, 0.25) is 0 Å². The topological polar surface area (TPSA) is 97.4 Å². The van der Waals surface area contributed by atoms with E-state index in [1.54, 1.807) is 54.9 Å². The maximum atomic E-state index is 12.7. The summed E-state index contributed by atoms with van der Waals surface area (Å²) in [6.45, 7) is 5.02. The number of amides is 1. The number of rotatable bonds is 6. The molecule has 0 atom stereocenters. The number of piperidine rings is 1. The summed E-state index contributed by atoms with van der Waals surface area (Å²) in [4.78, 5) is 14.3. The molecule has 152 valence electrons. The molecule has 2 aromatic heterocycles. The van der Waals surface area contributed by atoms with Crippen molar-refractivity contribution < 1.29 is 17.6 Å². The molecule has 1 aliphatic rings. The Kier molecular flexibility index (Phi) is 6.04. The molecule has 1 amide bonds. The Labute approximate surface area is 165 Å². The third-order valence-electron chi connectivity index (χ3n) is 5.13. The van der Waals surface area contributed by atoms with Gasteiger partial charge in [0, 0.05) is 32.8 Å². The summed E-state index contributed by atoms with van der Waals surface area (Å²) >= 11 is 0. The van der Waals surface area contributed by atoms with Crippen LogP contribution in [0.5, 0.6) is 0 Å². The Bertz CT molecular complexity index is 952. The number of sulfonamides is 1. The van der Waals surface area contributed by atoms with E-state index in [1.807, 2.05) is 0 Å². The largest absolute Gasteiger partial charge is 0.465 e. The molecule has 2 aromatic rings. The van der Waals surface area contributed by atoms with Crippen LogP contribution in [0.4, 0.5) is 0 Å². The molecule has 3 heterocycles. The van der Waals surface area contributed by atoms with E-state index >= 15 is 0 Å². The minimum atomic E-state index is -3.60. The number of aryl methyl sites for hydroxylation is 2. The molecule has 9 heteroatoms. The number of nitrogens with zero attached hydrogens (tertiary/aromatic N) is 3. The SMILES string of the molecule is Cc1nn(C)c(C)c1S(=O)(=O)NCC1CCN(C(=O)C=Cc2ccco2)CC1. The highest BCUT2D eigenvalue weighted by Crippen LogP contribution is 2.21. The summed E-state index contributed by atoms with van der Waals surface area (Å²) in [5.41, 5.74) is 1.12. The van der Waals surface area contributed by atoms with Crippen LogP contribution < -0.4 is 4.72 Å². The molecule has 1 aliphatic heterocycles. The number of likely N-dealkylation sites (tertiary alicyclic amines) is 1. The molecule has 8 nitrogen and oxygen atoms in total. The van der Waals surface area contributed by atoms with Gasteiger partial charge in [0.15, 0.2) is 0 Å². The van der Waals surface area contributed by atoms with Gasteiger partial charge in [-0.1, -0.05) is 0 Å². The first-order chi connectivity index (χ1) is 13.3. The van der Waals surface area contributed by atoms with Crippen molar-refractivity contribution in [1.82, 2.24) is 19.4 Å². The van der Waals surface area contributed by atoms with Crippen molar-refractivity contribution >= 4 is 22.0 Å². The highest BCUT2D eigenvalue weighted by molar-refractivity contribution is 7.89. The summed E-state index contributed by atoms with van der Waals surface area (Å²) in [6, 6.07) is 3.55. The maximum Gasteiger partial charge on any atom is 0.246 e. The average molecular weight is 407 g/mol. The predicted molar refractivity (Wildman–Crippen MR) is 105 cm³/mol. The number of hydrogen-bond acceptors (Lipinski definition) is 5. The van der Waals surface area contributed by atoms with E-state index < -0.39 is 10.0 Å². The minimum absolute atomic E-state index is 0.0583. The summed E-state index contributed by atoms with van der Waals surface area (Å²) in [5, 5.41) is 4.18. The molecule has 1 saturated heterocycles. The zero-order chi connectivity index (χ0) is 20.3. The molecule has 0 bridgehead atoms. The van der Waals surface area contributed by atoms with Gasteiger partial charge in [-0.05, 0) is 50.8 Å². The normalized spacial score (nSPS) is 16.2. The maximum absolute atomic E-state index is 12.7. The molecular weight excluding hydrogens is 380 g/mol. The van der Waals surface area contributed by atoms with Crippen LogP contribution in [-0.2, 0) is 21.9 Å². The van der Waals surface area contributed by atoms with Gasteiger partial charge in [0.05, 0.1) is 17.7 Å². The fourth-order valence-electron chi connectivity index (χ4n) is 3.45. The predicted octanol–water partition coefficient (Wildman–Crippen LogP) is 1.86. The van der Waals surface area contributed by atoms with Crippen LogP contribution in [0.3, 0.4) is 0 Å². The first kappa shape index (κ1) is 20.3. The van der Waals surface area contributed by atoms with E-state index in [0.717, 1.165) is 12.8 Å². The fourth-order valence-corrected chi connectivity index (χ4v) is 5.00. The second kappa shape index (κ2) is 8.32. The number of carbonyl (C=O) groups is 1. The van der Waals surface area contributed by atoms with Crippen molar-refractivity contribution in [3.63, 3.8) is 0 Å². The molecule has 0 aliphatic carbocycles. The number of nitrogens with one attached hydrogen (secondary N) is 1. The molecule has 0 aromatic carbocycles. The van der Waals surface area contributed by atoms with Crippen molar-refractivity contribution in [2.24, 2.45) is 13.0 Å². The summed E-state index contributed by atoms with van der Waals surface area (Å²) in [7, 11) is -1.87. The molecular formula is C19H26N4O4S. The lowest BCUT2D eigenvalue weighted by Gasteiger charge is -2.31. The van der Waals surface area contributed by atoms with E-state index in [0.29, 0.717) is 36.8 Å². The second-order valence-electron chi connectivity index (χ2n) is 7.09. The lowest BCUT2D eigenvalue weighted by Crippen LogP contribution is -2.41. The minimum Gasteiger partial charge on any atom is -0.465 e. The van der Waals surface area contributed by atoms with Crippen molar-refractivity contribution in [3.8, 4) is 0 Å². The Balaban J connectivity index is 1.51. The molecule has 1 fully saturated rings. The van der Waals surface area contributed by atoms with Gasteiger partial charge in [-0.2, -0.15) is 5.10 Å². The summed E-state index contributed by atoms with van der Waals surface area (Å²) < 4.78 is 34.8. The van der Waals surface area contributed by atoms with Gasteiger partial charge < -0.3 is 9.32 Å². The lowest BCUT2D eigenvalue weighted by atomic mass is 9.97. The third kappa shape index (κ3) is 4.53. The lowest BCUT2D eigenvalue weighted by molar-refractivity contribution is -0.127. The van der Waals surface area contributed by atoms with Crippen LogP contribution in [0.25, 0.3) is 6.08 Å². The van der Waals surface area contributed by atoms with Crippen LogP contribution in [-0.4, -0.2) is 48.6 Å². The van der Waals surface area contributed by atoms with Gasteiger partial charge in [-0.25, -0.2) is 13.1 Å². The van der Waals surface area contributed by atoms with Gasteiger partial charge >= 0.3 is 0 Å². The zero-order valence-electron chi connectivity index (χ0n) is 16.4. The van der Waals surface area contributed by atoms with E-state index in [-0.39, 0.29) is 16.7 Å². The fraction of sp³-hybridized carbons (Fsp3) is 0.474. The number of aromatic nitrogens is 2. The first-order valence-corrected chi connectivity index (χ1v) is 10.8. The van der Waals surface area contributed by atoms with E-state index in [4.69, 9.17) is 4.42 Å². The van der Waals surface area contributed by atoms with Crippen LogP contribution in [0.15, 0.2) is 33.8 Å². The highest BCUT2D eigenvalue weighted by Gasteiger charge is 2.26.